The van der Waals surface area contributed by atoms with Crippen LogP contribution in [0.1, 0.15) is 48.0 Å². The van der Waals surface area contributed by atoms with Gasteiger partial charge in [-0.3, -0.25) is 0 Å². The van der Waals surface area contributed by atoms with Crippen molar-refractivity contribution in [3.63, 3.8) is 0 Å². The fourth-order valence-electron chi connectivity index (χ4n) is 1.42. The largest absolute Gasteiger partial charge is 0.313 e. The molecule has 0 aromatic rings. The average Bonchev–Trinajstić information content (AvgIpc) is 1.98. The van der Waals surface area contributed by atoms with Gasteiger partial charge in [-0.2, -0.15) is 11.8 Å². The van der Waals surface area contributed by atoms with Crippen molar-refractivity contribution in [2.24, 2.45) is 5.92 Å². The van der Waals surface area contributed by atoms with Crippen molar-refractivity contribution < 1.29 is 0 Å². The van der Waals surface area contributed by atoms with Gasteiger partial charge in [0.05, 0.1) is 0 Å². The molecule has 1 atom stereocenters. The molecule has 0 spiro atoms. The van der Waals surface area contributed by atoms with Crippen molar-refractivity contribution in [3.8, 4) is 0 Å². The molecule has 1 N–H and O–H groups in total. The van der Waals surface area contributed by atoms with Crippen molar-refractivity contribution >= 4 is 11.8 Å². The van der Waals surface area contributed by atoms with Gasteiger partial charge in [0.15, 0.2) is 0 Å². The molecule has 0 aliphatic rings. The number of rotatable bonds is 6. The number of hydrogen-bond acceptors (Lipinski definition) is 2. The maximum atomic E-state index is 3.57. The molecule has 0 aliphatic carbocycles. The Balaban J connectivity index is 3.84. The molecule has 14 heavy (non-hydrogen) atoms. The first-order valence-electron chi connectivity index (χ1n) is 5.72. The van der Waals surface area contributed by atoms with E-state index in [1.54, 1.807) is 0 Å². The van der Waals surface area contributed by atoms with E-state index in [4.69, 9.17) is 0 Å². The molecule has 0 aromatic heterocycles. The molecule has 0 aliphatic heterocycles. The Kier molecular flexibility index (Phi) is 6.88. The standard InChI is InChI=1S/C12H27NS/c1-7-13-11(8-10(2)3)9-14-12(4,5)6/h10-11,13H,7-9H2,1-6H3. The van der Waals surface area contributed by atoms with Gasteiger partial charge in [0, 0.05) is 16.5 Å². The zero-order chi connectivity index (χ0) is 11.2. The van der Waals surface area contributed by atoms with E-state index in [2.05, 4.69) is 58.6 Å². The summed E-state index contributed by atoms with van der Waals surface area (Å²) in [5.41, 5.74) is 0. The molecular weight excluding hydrogens is 190 g/mol. The minimum Gasteiger partial charge on any atom is -0.313 e. The number of hydrogen-bond donors (Lipinski definition) is 1. The Morgan fingerprint density at radius 2 is 1.79 bits per heavy atom. The third-order valence-corrected chi connectivity index (χ3v) is 3.40. The maximum absolute atomic E-state index is 3.57. The smallest absolute Gasteiger partial charge is 0.0160 e. The van der Waals surface area contributed by atoms with Crippen LogP contribution in [0.5, 0.6) is 0 Å². The highest BCUT2D eigenvalue weighted by atomic mass is 32.2. The molecule has 0 aromatic carbocycles. The molecule has 1 unspecified atom stereocenters. The summed E-state index contributed by atoms with van der Waals surface area (Å²) in [4.78, 5) is 0. The minimum absolute atomic E-state index is 0.394. The predicted octanol–water partition coefficient (Wildman–Crippen LogP) is 3.54. The summed E-state index contributed by atoms with van der Waals surface area (Å²) in [6.45, 7) is 14.7. The summed E-state index contributed by atoms with van der Waals surface area (Å²) in [6.07, 6.45) is 1.29. The second-order valence-corrected chi connectivity index (χ2v) is 7.15. The highest BCUT2D eigenvalue weighted by Crippen LogP contribution is 2.25. The summed E-state index contributed by atoms with van der Waals surface area (Å²) < 4.78 is 0.394. The second-order valence-electron chi connectivity index (χ2n) is 5.31. The van der Waals surface area contributed by atoms with Crippen LogP contribution in [-0.2, 0) is 0 Å². The van der Waals surface area contributed by atoms with Crippen LogP contribution in [0, 0.1) is 5.92 Å². The van der Waals surface area contributed by atoms with Crippen LogP contribution in [-0.4, -0.2) is 23.1 Å². The van der Waals surface area contributed by atoms with Crippen molar-refractivity contribution in [1.29, 1.82) is 0 Å². The molecule has 0 bridgehead atoms. The molecular formula is C12H27NS. The van der Waals surface area contributed by atoms with Crippen LogP contribution in [0.2, 0.25) is 0 Å². The third kappa shape index (κ3) is 8.89. The zero-order valence-electron chi connectivity index (χ0n) is 10.7. The first kappa shape index (κ1) is 14.3. The Morgan fingerprint density at radius 1 is 1.21 bits per heavy atom. The lowest BCUT2D eigenvalue weighted by molar-refractivity contribution is 0.455. The second kappa shape index (κ2) is 6.73. The van der Waals surface area contributed by atoms with Crippen molar-refractivity contribution in [2.75, 3.05) is 12.3 Å². The predicted molar refractivity (Wildman–Crippen MR) is 69.1 cm³/mol. The van der Waals surface area contributed by atoms with E-state index >= 15 is 0 Å². The van der Waals surface area contributed by atoms with Crippen LogP contribution < -0.4 is 5.32 Å². The SMILES string of the molecule is CCNC(CSC(C)(C)C)CC(C)C. The molecule has 0 fully saturated rings. The van der Waals surface area contributed by atoms with E-state index in [0.717, 1.165) is 12.5 Å². The van der Waals surface area contributed by atoms with E-state index in [9.17, 15) is 0 Å². The van der Waals surface area contributed by atoms with Gasteiger partial charge in [-0.05, 0) is 18.9 Å². The first-order chi connectivity index (χ1) is 6.35. The van der Waals surface area contributed by atoms with Gasteiger partial charge in [-0.25, -0.2) is 0 Å². The van der Waals surface area contributed by atoms with E-state index in [0.29, 0.717) is 10.8 Å². The molecule has 2 heteroatoms. The van der Waals surface area contributed by atoms with E-state index in [-0.39, 0.29) is 0 Å². The number of nitrogens with one attached hydrogen (secondary N) is 1. The van der Waals surface area contributed by atoms with Crippen LogP contribution in [0.3, 0.4) is 0 Å². The molecule has 0 amide bonds. The Morgan fingerprint density at radius 3 is 2.14 bits per heavy atom. The van der Waals surface area contributed by atoms with Crippen molar-refractivity contribution in [1.82, 2.24) is 5.32 Å². The molecule has 1 nitrogen and oxygen atoms in total. The van der Waals surface area contributed by atoms with Gasteiger partial charge in [-0.15, -0.1) is 0 Å². The molecule has 86 valence electrons. The number of thioether (sulfide) groups is 1. The van der Waals surface area contributed by atoms with E-state index < -0.39 is 0 Å². The van der Waals surface area contributed by atoms with Crippen molar-refractivity contribution in [2.45, 2.75) is 58.8 Å². The van der Waals surface area contributed by atoms with Gasteiger partial charge in [-0.1, -0.05) is 41.5 Å². The Hall–Kier alpha value is 0.310. The van der Waals surface area contributed by atoms with Gasteiger partial charge < -0.3 is 5.32 Å². The summed E-state index contributed by atoms with van der Waals surface area (Å²) in [5.74, 6) is 2.02. The molecule has 0 saturated carbocycles. The lowest BCUT2D eigenvalue weighted by atomic mass is 10.1. The molecule has 0 radical (unpaired) electrons. The summed E-state index contributed by atoms with van der Waals surface area (Å²) in [5, 5.41) is 3.57. The third-order valence-electron chi connectivity index (χ3n) is 1.97. The quantitative estimate of drug-likeness (QED) is 0.730. The highest BCUT2D eigenvalue weighted by Gasteiger charge is 2.15. The van der Waals surface area contributed by atoms with Gasteiger partial charge in [0.25, 0.3) is 0 Å². The lowest BCUT2D eigenvalue weighted by Crippen LogP contribution is -2.33. The molecule has 0 saturated heterocycles. The van der Waals surface area contributed by atoms with E-state index in [1.807, 2.05) is 0 Å². The van der Waals surface area contributed by atoms with Crippen molar-refractivity contribution in [3.05, 3.63) is 0 Å². The van der Waals surface area contributed by atoms with Gasteiger partial charge in [0.2, 0.25) is 0 Å². The summed E-state index contributed by atoms with van der Waals surface area (Å²) >= 11 is 2.06. The normalized spacial score (nSPS) is 14.8. The maximum Gasteiger partial charge on any atom is 0.0160 e. The van der Waals surface area contributed by atoms with Crippen LogP contribution in [0.15, 0.2) is 0 Å². The minimum atomic E-state index is 0.394. The zero-order valence-corrected chi connectivity index (χ0v) is 11.5. The monoisotopic (exact) mass is 217 g/mol. The summed E-state index contributed by atoms with van der Waals surface area (Å²) in [7, 11) is 0. The highest BCUT2D eigenvalue weighted by molar-refractivity contribution is 8.00. The molecule has 0 heterocycles. The fourth-order valence-corrected chi connectivity index (χ4v) is 2.37. The van der Waals surface area contributed by atoms with E-state index in [1.165, 1.54) is 12.2 Å². The topological polar surface area (TPSA) is 12.0 Å². The Bertz CT molecular complexity index is 138. The fraction of sp³-hybridized carbons (Fsp3) is 1.00. The molecule has 0 rings (SSSR count). The van der Waals surface area contributed by atoms with Crippen LogP contribution in [0.25, 0.3) is 0 Å². The average molecular weight is 217 g/mol. The first-order valence-corrected chi connectivity index (χ1v) is 6.71. The van der Waals surface area contributed by atoms with Gasteiger partial charge >= 0.3 is 0 Å². The summed E-state index contributed by atoms with van der Waals surface area (Å²) in [6, 6.07) is 0.684. The van der Waals surface area contributed by atoms with Crippen LogP contribution >= 0.6 is 11.8 Å². The Labute approximate surface area is 94.4 Å². The lowest BCUT2D eigenvalue weighted by Gasteiger charge is -2.24. The van der Waals surface area contributed by atoms with Crippen LogP contribution in [0.4, 0.5) is 0 Å². The van der Waals surface area contributed by atoms with Gasteiger partial charge in [0.1, 0.15) is 0 Å².